The molecule has 1 aliphatic heterocycles. The molecule has 2 aromatic rings. The lowest BCUT2D eigenvalue weighted by Crippen LogP contribution is -2.37. The van der Waals surface area contributed by atoms with Crippen molar-refractivity contribution in [2.45, 2.75) is 19.0 Å². The Hall–Kier alpha value is -2.57. The highest BCUT2D eigenvalue weighted by Crippen LogP contribution is 2.34. The number of hydrogen-bond acceptors (Lipinski definition) is 5. The molecule has 1 aromatic heterocycles. The molecule has 0 fully saturated rings. The largest absolute Gasteiger partial charge is 0.399 e. The van der Waals surface area contributed by atoms with Gasteiger partial charge in [-0.05, 0) is 25.1 Å². The maximum Gasteiger partial charge on any atom is 0.177 e. The highest BCUT2D eigenvalue weighted by molar-refractivity contribution is 5.95. The molecule has 0 saturated heterocycles. The Kier molecular flexibility index (Phi) is 2.47. The lowest BCUT2D eigenvalue weighted by molar-refractivity contribution is 0.383. The third-order valence-corrected chi connectivity index (χ3v) is 3.44. The van der Waals surface area contributed by atoms with Gasteiger partial charge in [0.15, 0.2) is 11.7 Å². The van der Waals surface area contributed by atoms with E-state index in [2.05, 4.69) is 9.98 Å². The van der Waals surface area contributed by atoms with Crippen LogP contribution in [0.4, 0.5) is 15.9 Å². The monoisotopic (exact) mass is 274 g/mol. The Morgan fingerprint density at radius 1 is 1.30 bits per heavy atom. The van der Waals surface area contributed by atoms with Crippen LogP contribution in [0, 0.1) is 5.82 Å². The zero-order valence-electron chi connectivity index (χ0n) is 11.0. The van der Waals surface area contributed by atoms with Crippen molar-refractivity contribution >= 4 is 17.3 Å². The molecular weight excluding hydrogens is 259 g/mol. The van der Waals surface area contributed by atoms with Crippen molar-refractivity contribution in [3.63, 3.8) is 0 Å². The van der Waals surface area contributed by atoms with Gasteiger partial charge in [0.25, 0.3) is 0 Å². The molecular formula is C13H15FN6. The lowest BCUT2D eigenvalue weighted by atomic mass is 9.90. The number of nitrogens with zero attached hydrogens (tertiary/aromatic N) is 3. The molecule has 1 aromatic carbocycles. The van der Waals surface area contributed by atoms with Crippen LogP contribution in [0.2, 0.25) is 0 Å². The first kappa shape index (κ1) is 12.5. The number of nitrogens with two attached hydrogens (primary N) is 3. The van der Waals surface area contributed by atoms with E-state index in [1.165, 1.54) is 12.1 Å². The van der Waals surface area contributed by atoms with Gasteiger partial charge in [-0.15, -0.1) is 0 Å². The summed E-state index contributed by atoms with van der Waals surface area (Å²) in [5.41, 5.74) is 17.4. The van der Waals surface area contributed by atoms with Crippen molar-refractivity contribution in [1.82, 2.24) is 9.55 Å². The van der Waals surface area contributed by atoms with Gasteiger partial charge in [-0.3, -0.25) is 4.99 Å². The second kappa shape index (κ2) is 3.96. The van der Waals surface area contributed by atoms with Crippen LogP contribution < -0.4 is 17.2 Å². The van der Waals surface area contributed by atoms with Crippen LogP contribution in [0.5, 0.6) is 0 Å². The Morgan fingerprint density at radius 2 is 2.05 bits per heavy atom. The van der Waals surface area contributed by atoms with E-state index in [-0.39, 0.29) is 11.7 Å². The number of anilines is 2. The molecule has 0 bridgehead atoms. The quantitative estimate of drug-likeness (QED) is 0.669. The number of imidazole rings is 1. The van der Waals surface area contributed by atoms with Gasteiger partial charge in [0.05, 0.1) is 6.54 Å². The topological polar surface area (TPSA) is 108 Å². The normalized spacial score (nSPS) is 21.4. The van der Waals surface area contributed by atoms with E-state index in [0.29, 0.717) is 29.4 Å². The van der Waals surface area contributed by atoms with Gasteiger partial charge in [-0.2, -0.15) is 0 Å². The SMILES string of the molecule is CC1(c2cc(N)ccc2F)Cn2cc(N)nc2C(N)=N1. The Labute approximate surface area is 115 Å². The number of nitrogen functional groups attached to an aromatic ring is 2. The minimum Gasteiger partial charge on any atom is -0.399 e. The van der Waals surface area contributed by atoms with Gasteiger partial charge in [0.2, 0.25) is 0 Å². The summed E-state index contributed by atoms with van der Waals surface area (Å²) in [6.07, 6.45) is 1.67. The fourth-order valence-corrected chi connectivity index (χ4v) is 2.55. The van der Waals surface area contributed by atoms with Gasteiger partial charge < -0.3 is 21.8 Å². The molecule has 1 atom stereocenters. The molecule has 20 heavy (non-hydrogen) atoms. The van der Waals surface area contributed by atoms with Gasteiger partial charge >= 0.3 is 0 Å². The number of halogens is 1. The van der Waals surface area contributed by atoms with Gasteiger partial charge in [-0.1, -0.05) is 0 Å². The third-order valence-electron chi connectivity index (χ3n) is 3.44. The molecule has 6 nitrogen and oxygen atoms in total. The van der Waals surface area contributed by atoms with Crippen LogP contribution in [-0.2, 0) is 12.1 Å². The van der Waals surface area contributed by atoms with E-state index in [9.17, 15) is 4.39 Å². The second-order valence-corrected chi connectivity index (χ2v) is 5.13. The molecule has 6 N–H and O–H groups in total. The molecule has 0 spiro atoms. The molecule has 0 amide bonds. The first-order valence-electron chi connectivity index (χ1n) is 6.13. The van der Waals surface area contributed by atoms with Gasteiger partial charge in [0.1, 0.15) is 17.2 Å². The zero-order valence-corrected chi connectivity index (χ0v) is 11.0. The molecule has 0 aliphatic carbocycles. The predicted octanol–water partition coefficient (Wildman–Crippen LogP) is 0.821. The van der Waals surface area contributed by atoms with E-state index < -0.39 is 5.54 Å². The average Bonchev–Trinajstić information content (AvgIpc) is 2.73. The standard InChI is InChI=1S/C13H15FN6/c1-13(8-4-7(15)2-3-9(8)14)6-20-5-10(16)18-12(20)11(17)19-13/h2-5H,6,15-16H2,1H3,(H2,17,19). The first-order valence-corrected chi connectivity index (χ1v) is 6.13. The highest BCUT2D eigenvalue weighted by Gasteiger charge is 2.35. The zero-order chi connectivity index (χ0) is 14.5. The van der Waals surface area contributed by atoms with Crippen molar-refractivity contribution in [1.29, 1.82) is 0 Å². The molecule has 1 aliphatic rings. The average molecular weight is 274 g/mol. The molecule has 1 unspecified atom stereocenters. The Balaban J connectivity index is 2.14. The van der Waals surface area contributed by atoms with Gasteiger partial charge in [0, 0.05) is 17.4 Å². The summed E-state index contributed by atoms with van der Waals surface area (Å²) < 4.78 is 15.9. The number of rotatable bonds is 1. The highest BCUT2D eigenvalue weighted by atomic mass is 19.1. The summed E-state index contributed by atoms with van der Waals surface area (Å²) in [5.74, 6) is 0.729. The maximum atomic E-state index is 14.1. The number of hydrogen-bond donors (Lipinski definition) is 3. The fourth-order valence-electron chi connectivity index (χ4n) is 2.55. The molecule has 104 valence electrons. The van der Waals surface area contributed by atoms with E-state index in [1.54, 1.807) is 23.8 Å². The number of benzene rings is 1. The summed E-state index contributed by atoms with van der Waals surface area (Å²) in [5, 5.41) is 0. The fraction of sp³-hybridized carbons (Fsp3) is 0.231. The van der Waals surface area contributed by atoms with Crippen molar-refractivity contribution in [2.75, 3.05) is 11.5 Å². The second-order valence-electron chi connectivity index (χ2n) is 5.13. The van der Waals surface area contributed by atoms with Crippen LogP contribution in [0.3, 0.4) is 0 Å². The van der Waals surface area contributed by atoms with E-state index in [1.807, 2.05) is 0 Å². The molecule has 0 radical (unpaired) electrons. The molecule has 3 rings (SSSR count). The van der Waals surface area contributed by atoms with Crippen LogP contribution in [0.25, 0.3) is 0 Å². The van der Waals surface area contributed by atoms with Crippen molar-refractivity contribution in [3.05, 3.63) is 41.6 Å². The van der Waals surface area contributed by atoms with Crippen LogP contribution in [0.1, 0.15) is 18.3 Å². The minimum atomic E-state index is -0.844. The Bertz CT molecular complexity index is 720. The number of fused-ring (bicyclic) bond motifs is 1. The first-order chi connectivity index (χ1) is 9.39. The van der Waals surface area contributed by atoms with E-state index >= 15 is 0 Å². The van der Waals surface area contributed by atoms with Crippen LogP contribution in [-0.4, -0.2) is 15.4 Å². The van der Waals surface area contributed by atoms with Gasteiger partial charge in [-0.25, -0.2) is 9.37 Å². The smallest absolute Gasteiger partial charge is 0.177 e. The third kappa shape index (κ3) is 1.78. The van der Waals surface area contributed by atoms with E-state index in [4.69, 9.17) is 17.2 Å². The van der Waals surface area contributed by atoms with Crippen molar-refractivity contribution < 1.29 is 4.39 Å². The van der Waals surface area contributed by atoms with Crippen molar-refractivity contribution in [3.8, 4) is 0 Å². The minimum absolute atomic E-state index is 0.234. The van der Waals surface area contributed by atoms with E-state index in [0.717, 1.165) is 0 Å². The van der Waals surface area contributed by atoms with Crippen LogP contribution in [0.15, 0.2) is 29.4 Å². The van der Waals surface area contributed by atoms with Crippen molar-refractivity contribution in [2.24, 2.45) is 10.7 Å². The predicted molar refractivity (Wildman–Crippen MR) is 75.5 cm³/mol. The molecule has 7 heteroatoms. The van der Waals surface area contributed by atoms with Crippen LogP contribution >= 0.6 is 0 Å². The molecule has 0 saturated carbocycles. The maximum absolute atomic E-state index is 14.1. The summed E-state index contributed by atoms with van der Waals surface area (Å²) in [7, 11) is 0. The number of aromatic nitrogens is 2. The number of aliphatic imine (C=N–C) groups is 1. The summed E-state index contributed by atoms with van der Waals surface area (Å²) >= 11 is 0. The summed E-state index contributed by atoms with van der Waals surface area (Å²) in [6, 6.07) is 4.43. The summed E-state index contributed by atoms with van der Waals surface area (Å²) in [4.78, 5) is 8.50. The Morgan fingerprint density at radius 3 is 2.80 bits per heavy atom. The lowest BCUT2D eigenvalue weighted by Gasteiger charge is -2.31. The molecule has 2 heterocycles. The summed E-state index contributed by atoms with van der Waals surface area (Å²) in [6.45, 7) is 2.20. The number of amidine groups is 1.